The summed E-state index contributed by atoms with van der Waals surface area (Å²) >= 11 is 0. The third kappa shape index (κ3) is 49.0. The molecule has 115 heavy (non-hydrogen) atoms. The fourth-order valence-corrected chi connectivity index (χ4v) is 16.0. The standard InChI is InChI=1S/C89H163O25P/c1-5-9-13-17-21-25-29-33-35-39-42-45-49-53-57-61-72(91)105-66-69(108-74(93)63-59-55-51-47-44-40-36-34-30-26-22-18-14-10-6-2)67-107-115(103,104)114-87-85(112-88-82(101)78(97)76(95)70(65-90)109-88)81(100)80(99)84(111-75(94)64-60-56-52-48-43-38-32-28-24-20-16-12-8-4)86(87)113-89-83(102)79(98)77(96)71(110-89)68-106-73(92)62-58-54-50-46-41-37-31-27-23-19-15-11-7-3/h25,29,38,43,69-71,76-90,95-102H,5-24,26-28,30-37,39-42,44-68H2,1-4H3,(H,103,104)/b29-25-,43-38-. The summed E-state index contributed by atoms with van der Waals surface area (Å²) < 4.78 is 73.3. The second-order valence-electron chi connectivity index (χ2n) is 32.8. The summed E-state index contributed by atoms with van der Waals surface area (Å²) in [6, 6.07) is 0. The molecule has 18 atom stereocenters. The van der Waals surface area contributed by atoms with Gasteiger partial charge in [0.25, 0.3) is 0 Å². The van der Waals surface area contributed by atoms with Gasteiger partial charge in [0.05, 0.1) is 13.2 Å². The molecule has 2 saturated heterocycles. The number of phosphoric ester groups is 1. The van der Waals surface area contributed by atoms with Crippen LogP contribution in [0.25, 0.3) is 0 Å². The summed E-state index contributed by atoms with van der Waals surface area (Å²) in [5, 5.41) is 102. The summed E-state index contributed by atoms with van der Waals surface area (Å²) in [5.41, 5.74) is 0. The van der Waals surface area contributed by atoms with Gasteiger partial charge >= 0.3 is 31.7 Å². The molecule has 674 valence electrons. The quantitative estimate of drug-likeness (QED) is 0.00889. The van der Waals surface area contributed by atoms with Gasteiger partial charge in [0.2, 0.25) is 0 Å². The minimum absolute atomic E-state index is 0.0156. The second kappa shape index (κ2) is 68.5. The van der Waals surface area contributed by atoms with E-state index in [1.807, 2.05) is 0 Å². The Morgan fingerprint density at radius 3 is 1.05 bits per heavy atom. The predicted octanol–water partition coefficient (Wildman–Crippen LogP) is 16.5. The van der Waals surface area contributed by atoms with Gasteiger partial charge in [0, 0.05) is 25.7 Å². The van der Waals surface area contributed by atoms with Gasteiger partial charge < -0.3 is 88.7 Å². The summed E-state index contributed by atoms with van der Waals surface area (Å²) in [6.07, 6.45) is 27.6. The molecule has 10 N–H and O–H groups in total. The molecular weight excluding hydrogens is 1500 g/mol. The van der Waals surface area contributed by atoms with Gasteiger partial charge in [-0.25, -0.2) is 4.57 Å². The van der Waals surface area contributed by atoms with Crippen molar-refractivity contribution in [2.45, 2.75) is 491 Å². The lowest BCUT2D eigenvalue weighted by molar-refractivity contribution is -0.360. The van der Waals surface area contributed by atoms with Crippen molar-refractivity contribution in [2.24, 2.45) is 0 Å². The van der Waals surface area contributed by atoms with Gasteiger partial charge in [-0.05, 0) is 77.0 Å². The Kier molecular flexibility index (Phi) is 63.2. The molecule has 0 radical (unpaired) electrons. The van der Waals surface area contributed by atoms with Crippen LogP contribution in [0.5, 0.6) is 0 Å². The number of hydrogen-bond donors (Lipinski definition) is 10. The molecule has 0 amide bonds. The van der Waals surface area contributed by atoms with Crippen molar-refractivity contribution < 1.29 is 122 Å². The third-order valence-electron chi connectivity index (χ3n) is 22.4. The average molecular weight is 1660 g/mol. The smallest absolute Gasteiger partial charge is 0.463 e. The van der Waals surface area contributed by atoms with Crippen LogP contribution in [0, 0.1) is 0 Å². The zero-order valence-corrected chi connectivity index (χ0v) is 72.5. The monoisotopic (exact) mass is 1660 g/mol. The lowest BCUT2D eigenvalue weighted by Gasteiger charge is -2.50. The van der Waals surface area contributed by atoms with Crippen LogP contribution in [0.3, 0.4) is 0 Å². The first-order valence-electron chi connectivity index (χ1n) is 46.1. The zero-order chi connectivity index (χ0) is 84.0. The van der Waals surface area contributed by atoms with Gasteiger partial charge in [-0.1, -0.05) is 309 Å². The van der Waals surface area contributed by atoms with Crippen LogP contribution in [0.4, 0.5) is 0 Å². The number of rotatable bonds is 74. The number of aliphatic hydroxyl groups excluding tert-OH is 9. The highest BCUT2D eigenvalue weighted by Gasteiger charge is 2.60. The van der Waals surface area contributed by atoms with Gasteiger partial charge in [0.15, 0.2) is 24.8 Å². The summed E-state index contributed by atoms with van der Waals surface area (Å²) in [6.45, 7) is 5.56. The lowest BCUT2D eigenvalue weighted by Crippen LogP contribution is -2.70. The summed E-state index contributed by atoms with van der Waals surface area (Å²) in [5.74, 6) is -2.98. The molecule has 18 unspecified atom stereocenters. The van der Waals surface area contributed by atoms with Gasteiger partial charge in [-0.15, -0.1) is 0 Å². The molecule has 3 rings (SSSR count). The molecular formula is C89H163O25P. The number of aliphatic hydroxyl groups is 9. The molecule has 0 aromatic heterocycles. The number of carbonyl (C=O) groups excluding carboxylic acids is 4. The van der Waals surface area contributed by atoms with E-state index in [9.17, 15) is 74.6 Å². The molecule has 3 aliphatic rings. The van der Waals surface area contributed by atoms with Crippen LogP contribution in [-0.4, -0.2) is 205 Å². The van der Waals surface area contributed by atoms with E-state index in [-0.39, 0.29) is 32.1 Å². The maximum Gasteiger partial charge on any atom is 0.472 e. The molecule has 0 bridgehead atoms. The van der Waals surface area contributed by atoms with E-state index in [1.54, 1.807) is 0 Å². The Morgan fingerprint density at radius 1 is 0.339 bits per heavy atom. The molecule has 0 aromatic rings. The molecule has 25 nitrogen and oxygen atoms in total. The van der Waals surface area contributed by atoms with E-state index >= 15 is 0 Å². The van der Waals surface area contributed by atoms with Crippen molar-refractivity contribution in [3.63, 3.8) is 0 Å². The van der Waals surface area contributed by atoms with E-state index in [1.165, 1.54) is 154 Å². The number of phosphoric acid groups is 1. The summed E-state index contributed by atoms with van der Waals surface area (Å²) in [4.78, 5) is 66.4. The number of ether oxygens (including phenoxy) is 8. The van der Waals surface area contributed by atoms with Crippen LogP contribution in [0.2, 0.25) is 0 Å². The first kappa shape index (κ1) is 106. The Hall–Kier alpha value is -3.05. The number of carbonyl (C=O) groups is 4. The Bertz CT molecular complexity index is 2490. The first-order valence-corrected chi connectivity index (χ1v) is 47.6. The van der Waals surface area contributed by atoms with Crippen molar-refractivity contribution in [1.82, 2.24) is 0 Å². The van der Waals surface area contributed by atoms with E-state index in [0.29, 0.717) is 32.1 Å². The van der Waals surface area contributed by atoms with Crippen molar-refractivity contribution in [1.29, 1.82) is 0 Å². The first-order chi connectivity index (χ1) is 55.7. The van der Waals surface area contributed by atoms with Crippen molar-refractivity contribution in [3.05, 3.63) is 24.3 Å². The van der Waals surface area contributed by atoms with Crippen LogP contribution in [0.1, 0.15) is 387 Å². The van der Waals surface area contributed by atoms with E-state index in [0.717, 1.165) is 141 Å². The average Bonchev–Trinajstić information content (AvgIpc) is 0.754. The highest BCUT2D eigenvalue weighted by Crippen LogP contribution is 2.49. The third-order valence-corrected chi connectivity index (χ3v) is 23.4. The highest BCUT2D eigenvalue weighted by atomic mass is 31.2. The predicted molar refractivity (Wildman–Crippen MR) is 444 cm³/mol. The fourth-order valence-electron chi connectivity index (χ4n) is 15.1. The Morgan fingerprint density at radius 2 is 0.652 bits per heavy atom. The SMILES string of the molecule is CCCCCC/C=C\CCCCCCCCCC(=O)OCC(COP(=O)(O)OC1C(OC2OC(CO)C(O)C(O)C2O)C(O)C(O)C(OC(=O)CCCCC/C=C\CCCCCCCC)C1OC1OC(COC(=O)CCCCCCCCCCCCCCC)C(O)C(O)C1O)OC(=O)CCCCCCCCCCCCCCCCC. The van der Waals surface area contributed by atoms with Crippen LogP contribution < -0.4 is 0 Å². The minimum atomic E-state index is -5.81. The fraction of sp³-hybridized carbons (Fsp3) is 0.910. The number of allylic oxidation sites excluding steroid dienone is 4. The minimum Gasteiger partial charge on any atom is -0.463 e. The van der Waals surface area contributed by atoms with Crippen LogP contribution in [-0.2, 0) is 70.7 Å². The van der Waals surface area contributed by atoms with E-state index in [2.05, 4.69) is 52.0 Å². The van der Waals surface area contributed by atoms with Gasteiger partial charge in [-0.3, -0.25) is 28.2 Å². The zero-order valence-electron chi connectivity index (χ0n) is 71.6. The number of hydrogen-bond acceptors (Lipinski definition) is 24. The number of esters is 4. The second-order valence-corrected chi connectivity index (χ2v) is 34.2. The topological polar surface area (TPSA) is 380 Å². The largest absolute Gasteiger partial charge is 0.472 e. The van der Waals surface area contributed by atoms with Gasteiger partial charge in [0.1, 0.15) is 92.6 Å². The van der Waals surface area contributed by atoms with E-state index < -0.39 is 162 Å². The Labute approximate surface area is 692 Å². The van der Waals surface area contributed by atoms with Crippen molar-refractivity contribution in [3.8, 4) is 0 Å². The highest BCUT2D eigenvalue weighted by molar-refractivity contribution is 7.47. The Balaban J connectivity index is 1.93. The van der Waals surface area contributed by atoms with E-state index in [4.69, 9.17) is 46.9 Å². The van der Waals surface area contributed by atoms with Gasteiger partial charge in [-0.2, -0.15) is 0 Å². The molecule has 26 heteroatoms. The maximum atomic E-state index is 14.9. The summed E-state index contributed by atoms with van der Waals surface area (Å²) in [7, 11) is -5.81. The van der Waals surface area contributed by atoms with Crippen LogP contribution >= 0.6 is 7.82 Å². The van der Waals surface area contributed by atoms with Crippen LogP contribution in [0.15, 0.2) is 24.3 Å². The molecule has 0 spiro atoms. The normalized spacial score (nSPS) is 25.3. The molecule has 1 saturated carbocycles. The maximum absolute atomic E-state index is 14.9. The number of unbranched alkanes of at least 4 members (excludes halogenated alkanes) is 46. The molecule has 3 fully saturated rings. The van der Waals surface area contributed by atoms with Crippen molar-refractivity contribution in [2.75, 3.05) is 26.4 Å². The molecule has 2 heterocycles. The van der Waals surface area contributed by atoms with Crippen molar-refractivity contribution >= 4 is 31.7 Å². The molecule has 0 aromatic carbocycles. The molecule has 2 aliphatic heterocycles. The molecule has 1 aliphatic carbocycles. The lowest BCUT2D eigenvalue weighted by atomic mass is 9.84.